The summed E-state index contributed by atoms with van der Waals surface area (Å²) in [6.07, 6.45) is 3.24. The first-order chi connectivity index (χ1) is 8.51. The lowest BCUT2D eigenvalue weighted by Gasteiger charge is -2.39. The highest BCUT2D eigenvalue weighted by atomic mass is 28.4. The third kappa shape index (κ3) is 7.69. The molecule has 0 aliphatic rings. The molecule has 0 aliphatic heterocycles. The monoisotopic (exact) mass is 301 g/mol. The molecule has 112 valence electrons. The molecule has 0 bridgehead atoms. The van der Waals surface area contributed by atoms with Crippen molar-refractivity contribution in [3.8, 4) is 0 Å². The minimum absolute atomic E-state index is 0.0530. The maximum absolute atomic E-state index is 12.1. The summed E-state index contributed by atoms with van der Waals surface area (Å²) in [5.41, 5.74) is 0. The van der Waals surface area contributed by atoms with Crippen LogP contribution in [0, 0.1) is 0 Å². The second kappa shape index (κ2) is 7.40. The zero-order chi connectivity index (χ0) is 15.3. The van der Waals surface area contributed by atoms with E-state index in [1.165, 1.54) is 0 Å². The first-order valence-corrected chi connectivity index (χ1v) is 14.0. The fraction of sp³-hybridized carbons (Fsp3) is 0.786. The molecule has 0 spiro atoms. The van der Waals surface area contributed by atoms with Crippen molar-refractivity contribution in [1.29, 1.82) is 0 Å². The predicted molar refractivity (Wildman–Crippen MR) is 88.4 cm³/mol. The quantitative estimate of drug-likeness (QED) is 0.504. The van der Waals surface area contributed by atoms with Crippen molar-refractivity contribution in [2.45, 2.75) is 65.1 Å². The standard InChI is InChI=1S/C14H31NO2Si2/c1-9-11-13(15(10-2)18(3,4)5)12-14(16)17-19(6,7)8/h9,13H,1,10-12H2,2-8H3. The molecule has 0 aromatic rings. The molecule has 5 heteroatoms. The second-order valence-corrected chi connectivity index (χ2v) is 16.3. The van der Waals surface area contributed by atoms with E-state index in [4.69, 9.17) is 4.43 Å². The summed E-state index contributed by atoms with van der Waals surface area (Å²) in [5.74, 6) is -0.0530. The van der Waals surface area contributed by atoms with Crippen LogP contribution in [0.4, 0.5) is 0 Å². The minimum atomic E-state index is -1.78. The average molecular weight is 302 g/mol. The van der Waals surface area contributed by atoms with Crippen molar-refractivity contribution in [3.63, 3.8) is 0 Å². The van der Waals surface area contributed by atoms with Crippen molar-refractivity contribution in [2.24, 2.45) is 0 Å². The summed E-state index contributed by atoms with van der Waals surface area (Å²) < 4.78 is 8.06. The van der Waals surface area contributed by atoms with Gasteiger partial charge in [0, 0.05) is 6.04 Å². The second-order valence-electron chi connectivity index (χ2n) is 6.93. The van der Waals surface area contributed by atoms with Gasteiger partial charge in [0.05, 0.1) is 6.42 Å². The highest BCUT2D eigenvalue weighted by Gasteiger charge is 2.31. The summed E-state index contributed by atoms with van der Waals surface area (Å²) in [5, 5.41) is 0. The number of hydrogen-bond donors (Lipinski definition) is 0. The zero-order valence-electron chi connectivity index (χ0n) is 13.7. The molecule has 1 atom stereocenters. The van der Waals surface area contributed by atoms with Crippen LogP contribution >= 0.6 is 0 Å². The van der Waals surface area contributed by atoms with Crippen molar-refractivity contribution >= 4 is 22.5 Å². The van der Waals surface area contributed by atoms with E-state index in [1.54, 1.807) is 0 Å². The van der Waals surface area contributed by atoms with Crippen LogP contribution in [0.3, 0.4) is 0 Å². The Morgan fingerprint density at radius 3 is 2.11 bits per heavy atom. The highest BCUT2D eigenvalue weighted by molar-refractivity contribution is 6.73. The molecule has 0 amide bonds. The summed E-state index contributed by atoms with van der Waals surface area (Å²) in [6.45, 7) is 20.1. The molecule has 0 saturated carbocycles. The van der Waals surface area contributed by atoms with E-state index in [9.17, 15) is 4.79 Å². The third-order valence-electron chi connectivity index (χ3n) is 2.90. The lowest BCUT2D eigenvalue weighted by molar-refractivity contribution is -0.136. The van der Waals surface area contributed by atoms with E-state index < -0.39 is 16.6 Å². The Kier molecular flexibility index (Phi) is 7.25. The zero-order valence-corrected chi connectivity index (χ0v) is 15.7. The van der Waals surface area contributed by atoms with Crippen LogP contribution in [-0.2, 0) is 9.22 Å². The number of hydrogen-bond acceptors (Lipinski definition) is 3. The predicted octanol–water partition coefficient (Wildman–Crippen LogP) is 3.86. The van der Waals surface area contributed by atoms with Crippen molar-refractivity contribution < 1.29 is 9.22 Å². The molecule has 0 radical (unpaired) electrons. The SMILES string of the molecule is C=CCC(CC(=O)O[Si](C)(C)C)N(CC)[Si](C)(C)C. The van der Waals surface area contributed by atoms with E-state index >= 15 is 0 Å². The molecule has 3 nitrogen and oxygen atoms in total. The molecular weight excluding hydrogens is 270 g/mol. The van der Waals surface area contributed by atoms with E-state index in [1.807, 2.05) is 25.7 Å². The van der Waals surface area contributed by atoms with Crippen LogP contribution in [0.5, 0.6) is 0 Å². The normalized spacial score (nSPS) is 14.3. The van der Waals surface area contributed by atoms with E-state index in [0.717, 1.165) is 13.0 Å². The average Bonchev–Trinajstić information content (AvgIpc) is 2.12. The van der Waals surface area contributed by atoms with Gasteiger partial charge in [0.1, 0.15) is 8.24 Å². The molecule has 0 aliphatic carbocycles. The van der Waals surface area contributed by atoms with Gasteiger partial charge in [0.2, 0.25) is 8.32 Å². The molecule has 19 heavy (non-hydrogen) atoms. The van der Waals surface area contributed by atoms with Gasteiger partial charge in [-0.05, 0) is 32.6 Å². The van der Waals surface area contributed by atoms with E-state index in [2.05, 4.69) is 37.7 Å². The Labute approximate surface area is 121 Å². The van der Waals surface area contributed by atoms with Crippen LogP contribution in [0.15, 0.2) is 12.7 Å². The topological polar surface area (TPSA) is 29.5 Å². The van der Waals surface area contributed by atoms with Crippen LogP contribution in [-0.4, -0.2) is 39.7 Å². The molecule has 0 aromatic heterocycles. The van der Waals surface area contributed by atoms with Crippen molar-refractivity contribution in [2.75, 3.05) is 6.54 Å². The van der Waals surface area contributed by atoms with Gasteiger partial charge in [-0.15, -0.1) is 6.58 Å². The maximum Gasteiger partial charge on any atom is 0.294 e. The smallest absolute Gasteiger partial charge is 0.294 e. The minimum Gasteiger partial charge on any atom is -0.520 e. The lowest BCUT2D eigenvalue weighted by Crippen LogP contribution is -2.52. The summed E-state index contributed by atoms with van der Waals surface area (Å²) in [7, 11) is -3.21. The number of rotatable bonds is 8. The molecule has 0 fully saturated rings. The first kappa shape index (κ1) is 18.6. The Morgan fingerprint density at radius 2 is 1.79 bits per heavy atom. The first-order valence-electron chi connectivity index (χ1n) is 7.10. The highest BCUT2D eigenvalue weighted by Crippen LogP contribution is 2.20. The van der Waals surface area contributed by atoms with E-state index in [0.29, 0.717) is 6.42 Å². The molecule has 0 rings (SSSR count). The van der Waals surface area contributed by atoms with Gasteiger partial charge in [-0.25, -0.2) is 0 Å². The van der Waals surface area contributed by atoms with Gasteiger partial charge in [-0.2, -0.15) is 0 Å². The summed E-state index contributed by atoms with van der Waals surface area (Å²) in [6, 6.07) is 0.234. The molecule has 1 unspecified atom stereocenters. The van der Waals surface area contributed by atoms with Crippen LogP contribution < -0.4 is 0 Å². The van der Waals surface area contributed by atoms with Crippen LogP contribution in [0.1, 0.15) is 19.8 Å². The van der Waals surface area contributed by atoms with Gasteiger partial charge in [0.15, 0.2) is 0 Å². The molecule has 0 N–H and O–H groups in total. The molecule has 0 heterocycles. The lowest BCUT2D eigenvalue weighted by atomic mass is 10.1. The summed E-state index contributed by atoms with van der Waals surface area (Å²) >= 11 is 0. The fourth-order valence-electron chi connectivity index (χ4n) is 2.37. The Balaban J connectivity index is 4.82. The van der Waals surface area contributed by atoms with Gasteiger partial charge < -0.3 is 8.99 Å². The van der Waals surface area contributed by atoms with Crippen LogP contribution in [0.2, 0.25) is 39.3 Å². The van der Waals surface area contributed by atoms with Crippen LogP contribution in [0.25, 0.3) is 0 Å². The van der Waals surface area contributed by atoms with Crippen molar-refractivity contribution in [3.05, 3.63) is 12.7 Å². The molecular formula is C14H31NO2Si2. The number of nitrogens with zero attached hydrogens (tertiary/aromatic N) is 1. The number of carbonyl (C=O) groups excluding carboxylic acids is 1. The Bertz CT molecular complexity index is 306. The molecule has 0 aromatic carbocycles. The van der Waals surface area contributed by atoms with Crippen molar-refractivity contribution in [1.82, 2.24) is 4.57 Å². The van der Waals surface area contributed by atoms with E-state index in [-0.39, 0.29) is 12.0 Å². The van der Waals surface area contributed by atoms with Gasteiger partial charge in [-0.3, -0.25) is 4.79 Å². The molecule has 0 saturated heterocycles. The Hall–Kier alpha value is -0.396. The Morgan fingerprint density at radius 1 is 1.26 bits per heavy atom. The van der Waals surface area contributed by atoms with Gasteiger partial charge in [-0.1, -0.05) is 32.6 Å². The van der Waals surface area contributed by atoms with Gasteiger partial charge >= 0.3 is 0 Å². The number of carbonyl (C=O) groups is 1. The van der Waals surface area contributed by atoms with Gasteiger partial charge in [0.25, 0.3) is 5.97 Å². The maximum atomic E-state index is 12.1. The fourth-order valence-corrected chi connectivity index (χ4v) is 5.38. The largest absolute Gasteiger partial charge is 0.520 e. The third-order valence-corrected chi connectivity index (χ3v) is 6.15. The summed E-state index contributed by atoms with van der Waals surface area (Å²) in [4.78, 5) is 12.1.